The molecule has 8 heteroatoms. The second kappa shape index (κ2) is 6.50. The predicted molar refractivity (Wildman–Crippen MR) is 75.4 cm³/mol. The number of carboxylic acid groups (broad SMARTS) is 1. The fraction of sp³-hybridized carbons (Fsp3) is 0.615. The number of aliphatic carboxylic acids is 1. The Morgan fingerprint density at radius 1 is 1.67 bits per heavy atom. The van der Waals surface area contributed by atoms with E-state index in [0.29, 0.717) is 6.61 Å². The Morgan fingerprint density at radius 2 is 2.43 bits per heavy atom. The molecule has 0 saturated carbocycles. The standard InChI is InChI=1S/C13H18N2O5S/c1-13(7-19-2,12(17)18)15-10(16)8-6-21-11(14-8)9-4-3-5-20-9/h6,9H,3-5,7H2,1-2H3,(H,15,16)(H,17,18). The molecule has 2 unspecified atom stereocenters. The van der Waals surface area contributed by atoms with Crippen molar-refractivity contribution >= 4 is 23.2 Å². The molecule has 0 aliphatic carbocycles. The number of ether oxygens (including phenoxy) is 2. The lowest BCUT2D eigenvalue weighted by Crippen LogP contribution is -2.55. The van der Waals surface area contributed by atoms with Crippen LogP contribution in [-0.2, 0) is 14.3 Å². The van der Waals surface area contributed by atoms with Crippen molar-refractivity contribution in [3.63, 3.8) is 0 Å². The van der Waals surface area contributed by atoms with Gasteiger partial charge < -0.3 is 19.9 Å². The van der Waals surface area contributed by atoms with Crippen molar-refractivity contribution in [2.75, 3.05) is 20.3 Å². The molecule has 21 heavy (non-hydrogen) atoms. The molecule has 0 aromatic carbocycles. The summed E-state index contributed by atoms with van der Waals surface area (Å²) in [6.45, 7) is 1.97. The SMILES string of the molecule is COCC(C)(NC(=O)c1csc(C2CCCO2)n1)C(=O)O. The lowest BCUT2D eigenvalue weighted by molar-refractivity contribution is -0.145. The first-order valence-corrected chi connectivity index (χ1v) is 7.46. The first-order valence-electron chi connectivity index (χ1n) is 6.58. The van der Waals surface area contributed by atoms with Gasteiger partial charge in [-0.15, -0.1) is 11.3 Å². The summed E-state index contributed by atoms with van der Waals surface area (Å²) in [5.74, 6) is -1.69. The molecule has 0 bridgehead atoms. The van der Waals surface area contributed by atoms with Crippen LogP contribution in [0.1, 0.15) is 41.4 Å². The van der Waals surface area contributed by atoms with Crippen molar-refractivity contribution in [3.8, 4) is 0 Å². The van der Waals surface area contributed by atoms with E-state index in [-0.39, 0.29) is 18.4 Å². The predicted octanol–water partition coefficient (Wildman–Crippen LogP) is 1.21. The van der Waals surface area contributed by atoms with Crippen molar-refractivity contribution in [1.29, 1.82) is 0 Å². The summed E-state index contributed by atoms with van der Waals surface area (Å²) >= 11 is 1.35. The number of methoxy groups -OCH3 is 1. The summed E-state index contributed by atoms with van der Waals surface area (Å²) in [6.07, 6.45) is 1.82. The third kappa shape index (κ3) is 3.58. The summed E-state index contributed by atoms with van der Waals surface area (Å²) in [7, 11) is 1.38. The molecule has 1 aliphatic rings. The Morgan fingerprint density at radius 3 is 3.00 bits per heavy atom. The number of nitrogens with zero attached hydrogens (tertiary/aromatic N) is 1. The van der Waals surface area contributed by atoms with Gasteiger partial charge in [-0.1, -0.05) is 0 Å². The van der Waals surface area contributed by atoms with E-state index in [9.17, 15) is 14.7 Å². The summed E-state index contributed by atoms with van der Waals surface area (Å²) in [4.78, 5) is 27.6. The van der Waals surface area contributed by atoms with Crippen molar-refractivity contribution in [3.05, 3.63) is 16.1 Å². The van der Waals surface area contributed by atoms with Crippen LogP contribution in [0.15, 0.2) is 5.38 Å². The summed E-state index contributed by atoms with van der Waals surface area (Å²) in [5, 5.41) is 14.0. The third-order valence-electron chi connectivity index (χ3n) is 3.25. The van der Waals surface area contributed by atoms with Gasteiger partial charge >= 0.3 is 5.97 Å². The van der Waals surface area contributed by atoms with Crippen molar-refractivity contribution in [1.82, 2.24) is 10.3 Å². The van der Waals surface area contributed by atoms with Crippen molar-refractivity contribution < 1.29 is 24.2 Å². The maximum absolute atomic E-state index is 12.1. The van der Waals surface area contributed by atoms with E-state index in [1.165, 1.54) is 25.4 Å². The smallest absolute Gasteiger partial charge is 0.331 e. The third-order valence-corrected chi connectivity index (χ3v) is 4.19. The summed E-state index contributed by atoms with van der Waals surface area (Å²) in [6, 6.07) is 0. The average molecular weight is 314 g/mol. The molecule has 116 valence electrons. The number of hydrogen-bond donors (Lipinski definition) is 2. The zero-order valence-corrected chi connectivity index (χ0v) is 12.7. The van der Waals surface area contributed by atoms with E-state index < -0.39 is 17.4 Å². The minimum absolute atomic E-state index is 0.0543. The van der Waals surface area contributed by atoms with Crippen LogP contribution in [0.2, 0.25) is 0 Å². The normalized spacial score (nSPS) is 21.0. The Hall–Kier alpha value is -1.51. The molecular weight excluding hydrogens is 296 g/mol. The highest BCUT2D eigenvalue weighted by Gasteiger charge is 2.36. The van der Waals surface area contributed by atoms with Gasteiger partial charge in [-0.2, -0.15) is 0 Å². The molecule has 1 fully saturated rings. The van der Waals surface area contributed by atoms with Gasteiger partial charge in [0.2, 0.25) is 0 Å². The maximum atomic E-state index is 12.1. The number of carbonyl (C=O) groups is 2. The van der Waals surface area contributed by atoms with E-state index in [1.54, 1.807) is 5.38 Å². The maximum Gasteiger partial charge on any atom is 0.331 e. The van der Waals surface area contributed by atoms with Crippen LogP contribution in [0.3, 0.4) is 0 Å². The van der Waals surface area contributed by atoms with Crippen LogP contribution >= 0.6 is 11.3 Å². The second-order valence-corrected chi connectivity index (χ2v) is 5.99. The topological polar surface area (TPSA) is 97.8 Å². The average Bonchev–Trinajstić information content (AvgIpc) is 3.09. The van der Waals surface area contributed by atoms with Crippen LogP contribution < -0.4 is 5.32 Å². The fourth-order valence-electron chi connectivity index (χ4n) is 2.07. The van der Waals surface area contributed by atoms with Crippen LogP contribution in [0.4, 0.5) is 0 Å². The minimum Gasteiger partial charge on any atom is -0.479 e. The van der Waals surface area contributed by atoms with Gasteiger partial charge in [-0.05, 0) is 19.8 Å². The van der Waals surface area contributed by atoms with Gasteiger partial charge in [-0.25, -0.2) is 9.78 Å². The Labute approximate surface area is 126 Å². The number of aromatic nitrogens is 1. The van der Waals surface area contributed by atoms with Crippen LogP contribution in [-0.4, -0.2) is 47.8 Å². The fourth-order valence-corrected chi connectivity index (χ4v) is 2.95. The molecular formula is C13H18N2O5S. The second-order valence-electron chi connectivity index (χ2n) is 5.10. The van der Waals surface area contributed by atoms with Crippen LogP contribution in [0, 0.1) is 0 Å². The molecule has 2 heterocycles. The van der Waals surface area contributed by atoms with Gasteiger partial charge in [-0.3, -0.25) is 4.79 Å². The van der Waals surface area contributed by atoms with Gasteiger partial charge in [0.1, 0.15) is 16.8 Å². The molecule has 1 saturated heterocycles. The first-order chi connectivity index (χ1) is 9.96. The molecule has 1 aromatic heterocycles. The van der Waals surface area contributed by atoms with Gasteiger partial charge in [0.15, 0.2) is 5.54 Å². The van der Waals surface area contributed by atoms with Gasteiger partial charge in [0, 0.05) is 19.1 Å². The minimum atomic E-state index is -1.49. The van der Waals surface area contributed by atoms with E-state index >= 15 is 0 Å². The number of hydrogen-bond acceptors (Lipinski definition) is 6. The summed E-state index contributed by atoms with van der Waals surface area (Å²) in [5.41, 5.74) is -1.28. The number of nitrogens with one attached hydrogen (secondary N) is 1. The monoisotopic (exact) mass is 314 g/mol. The molecule has 2 atom stereocenters. The van der Waals surface area contributed by atoms with E-state index in [4.69, 9.17) is 9.47 Å². The Kier molecular flexibility index (Phi) is 4.92. The highest BCUT2D eigenvalue weighted by Crippen LogP contribution is 2.30. The number of carbonyl (C=O) groups excluding carboxylic acids is 1. The quantitative estimate of drug-likeness (QED) is 0.819. The van der Waals surface area contributed by atoms with Crippen LogP contribution in [0.5, 0.6) is 0 Å². The highest BCUT2D eigenvalue weighted by molar-refractivity contribution is 7.09. The molecule has 1 aliphatic heterocycles. The molecule has 2 N–H and O–H groups in total. The number of carboxylic acids is 1. The lowest BCUT2D eigenvalue weighted by Gasteiger charge is -2.24. The summed E-state index contributed by atoms with van der Waals surface area (Å²) < 4.78 is 10.4. The largest absolute Gasteiger partial charge is 0.479 e. The Bertz CT molecular complexity index is 526. The Balaban J connectivity index is 2.07. The first kappa shape index (κ1) is 15.9. The molecule has 7 nitrogen and oxygen atoms in total. The van der Waals surface area contributed by atoms with Gasteiger partial charge in [0.05, 0.1) is 6.61 Å². The number of rotatable bonds is 6. The molecule has 0 radical (unpaired) electrons. The van der Waals surface area contributed by atoms with E-state index in [1.807, 2.05) is 0 Å². The molecule has 0 spiro atoms. The highest BCUT2D eigenvalue weighted by atomic mass is 32.1. The van der Waals surface area contributed by atoms with E-state index in [2.05, 4.69) is 10.3 Å². The number of amides is 1. The lowest BCUT2D eigenvalue weighted by atomic mass is 10.0. The zero-order valence-electron chi connectivity index (χ0n) is 11.9. The molecule has 2 rings (SSSR count). The van der Waals surface area contributed by atoms with Crippen molar-refractivity contribution in [2.24, 2.45) is 0 Å². The molecule has 1 amide bonds. The molecule has 1 aromatic rings. The van der Waals surface area contributed by atoms with Gasteiger partial charge in [0.25, 0.3) is 5.91 Å². The number of thiazole rings is 1. The van der Waals surface area contributed by atoms with E-state index in [0.717, 1.165) is 17.8 Å². The van der Waals surface area contributed by atoms with Crippen molar-refractivity contribution in [2.45, 2.75) is 31.4 Å². The van der Waals surface area contributed by atoms with Crippen LogP contribution in [0.25, 0.3) is 0 Å². The zero-order chi connectivity index (χ0) is 15.5.